The zero-order chi connectivity index (χ0) is 17.1. The lowest BCUT2D eigenvalue weighted by Gasteiger charge is -2.16. The summed E-state index contributed by atoms with van der Waals surface area (Å²) in [5, 5.41) is 8.11. The summed E-state index contributed by atoms with van der Waals surface area (Å²) < 4.78 is 0. The van der Waals surface area contributed by atoms with Crippen molar-refractivity contribution in [3.05, 3.63) is 59.7 Å². The molecular weight excluding hydrogens is 308 g/mol. The number of rotatable bonds is 5. The Morgan fingerprint density at radius 3 is 2.52 bits per heavy atom. The molecule has 0 spiro atoms. The average molecular weight is 332 g/mol. The molecule has 1 aliphatic carbocycles. The van der Waals surface area contributed by atoms with Crippen LogP contribution in [0.15, 0.2) is 48.5 Å². The van der Waals surface area contributed by atoms with Crippen molar-refractivity contribution in [1.29, 1.82) is 0 Å². The molecule has 1 saturated carbocycles. The van der Waals surface area contributed by atoms with Gasteiger partial charge in [-0.2, -0.15) is 4.98 Å². The molecule has 1 heterocycles. The van der Waals surface area contributed by atoms with Gasteiger partial charge in [0.05, 0.1) is 5.52 Å². The number of aromatic nitrogens is 2. The maximum atomic E-state index is 4.76. The Kier molecular flexibility index (Phi) is 4.51. The zero-order valence-corrected chi connectivity index (χ0v) is 14.6. The summed E-state index contributed by atoms with van der Waals surface area (Å²) in [4.78, 5) is 9.44. The lowest BCUT2D eigenvalue weighted by atomic mass is 10.1. The lowest BCUT2D eigenvalue weighted by Crippen LogP contribution is -2.17. The van der Waals surface area contributed by atoms with Crippen LogP contribution in [0, 0.1) is 6.92 Å². The summed E-state index contributed by atoms with van der Waals surface area (Å²) in [6.45, 7) is 2.83. The molecule has 0 atom stereocenters. The van der Waals surface area contributed by atoms with Crippen molar-refractivity contribution in [2.75, 3.05) is 10.6 Å². The Morgan fingerprint density at radius 2 is 1.72 bits per heavy atom. The first-order chi connectivity index (χ1) is 12.3. The highest BCUT2D eigenvalue weighted by Gasteiger charge is 2.17. The number of aryl methyl sites for hydroxylation is 1. The largest absolute Gasteiger partial charge is 0.367 e. The second-order valence-corrected chi connectivity index (χ2v) is 6.88. The van der Waals surface area contributed by atoms with E-state index in [4.69, 9.17) is 4.98 Å². The van der Waals surface area contributed by atoms with Crippen molar-refractivity contribution in [3.8, 4) is 0 Å². The van der Waals surface area contributed by atoms with E-state index in [-0.39, 0.29) is 0 Å². The average Bonchev–Trinajstić information content (AvgIpc) is 3.14. The third-order valence-corrected chi connectivity index (χ3v) is 4.87. The predicted octanol–water partition coefficient (Wildman–Crippen LogP) is 4.90. The van der Waals surface area contributed by atoms with E-state index >= 15 is 0 Å². The van der Waals surface area contributed by atoms with Crippen LogP contribution < -0.4 is 10.6 Å². The number of nitrogens with zero attached hydrogens (tertiary/aromatic N) is 2. The number of anilines is 2. The van der Waals surface area contributed by atoms with Crippen LogP contribution in [-0.2, 0) is 6.54 Å². The van der Waals surface area contributed by atoms with Crippen LogP contribution in [0.3, 0.4) is 0 Å². The van der Waals surface area contributed by atoms with Crippen molar-refractivity contribution >= 4 is 22.7 Å². The zero-order valence-electron chi connectivity index (χ0n) is 14.6. The van der Waals surface area contributed by atoms with Gasteiger partial charge in [-0.3, -0.25) is 0 Å². The molecule has 25 heavy (non-hydrogen) atoms. The highest BCUT2D eigenvalue weighted by Crippen LogP contribution is 2.27. The molecule has 0 saturated heterocycles. The molecule has 0 amide bonds. The molecular formula is C21H24N4. The maximum Gasteiger partial charge on any atom is 0.225 e. The molecule has 1 aromatic heterocycles. The number of benzene rings is 2. The minimum absolute atomic E-state index is 0.531. The van der Waals surface area contributed by atoms with Crippen molar-refractivity contribution in [1.82, 2.24) is 9.97 Å². The van der Waals surface area contributed by atoms with Gasteiger partial charge >= 0.3 is 0 Å². The van der Waals surface area contributed by atoms with Crippen LogP contribution in [0.4, 0.5) is 11.8 Å². The molecule has 0 unspecified atom stereocenters. The summed E-state index contributed by atoms with van der Waals surface area (Å²) in [5.74, 6) is 1.63. The van der Waals surface area contributed by atoms with E-state index in [1.54, 1.807) is 0 Å². The molecule has 2 aromatic carbocycles. The second-order valence-electron chi connectivity index (χ2n) is 6.88. The molecule has 4 rings (SSSR count). The maximum absolute atomic E-state index is 4.76. The highest BCUT2D eigenvalue weighted by atomic mass is 15.1. The van der Waals surface area contributed by atoms with E-state index in [0.29, 0.717) is 12.0 Å². The second kappa shape index (κ2) is 7.09. The van der Waals surface area contributed by atoms with Crippen LogP contribution in [0.5, 0.6) is 0 Å². The molecule has 128 valence electrons. The molecule has 3 aromatic rings. The van der Waals surface area contributed by atoms with Crippen LogP contribution in [0.1, 0.15) is 36.8 Å². The Balaban J connectivity index is 1.58. The molecule has 4 heteroatoms. The van der Waals surface area contributed by atoms with E-state index in [1.807, 2.05) is 18.2 Å². The fraction of sp³-hybridized carbons (Fsp3) is 0.333. The number of nitrogens with one attached hydrogen (secondary N) is 2. The summed E-state index contributed by atoms with van der Waals surface area (Å²) in [7, 11) is 0. The number of hydrogen-bond donors (Lipinski definition) is 2. The summed E-state index contributed by atoms with van der Waals surface area (Å²) in [5.41, 5.74) is 3.48. The van der Waals surface area contributed by atoms with Crippen molar-refractivity contribution in [2.24, 2.45) is 0 Å². The van der Waals surface area contributed by atoms with Crippen LogP contribution in [-0.4, -0.2) is 16.0 Å². The first-order valence-electron chi connectivity index (χ1n) is 9.11. The monoisotopic (exact) mass is 332 g/mol. The van der Waals surface area contributed by atoms with Gasteiger partial charge in [-0.05, 0) is 37.5 Å². The Morgan fingerprint density at radius 1 is 0.960 bits per heavy atom. The van der Waals surface area contributed by atoms with E-state index in [1.165, 1.54) is 36.8 Å². The fourth-order valence-corrected chi connectivity index (χ4v) is 3.42. The van der Waals surface area contributed by atoms with Crippen molar-refractivity contribution < 1.29 is 0 Å². The predicted molar refractivity (Wildman–Crippen MR) is 104 cm³/mol. The van der Waals surface area contributed by atoms with E-state index in [2.05, 4.69) is 52.9 Å². The molecule has 4 nitrogen and oxygen atoms in total. The first kappa shape index (κ1) is 15.9. The molecule has 2 N–H and O–H groups in total. The minimum atomic E-state index is 0.531. The van der Waals surface area contributed by atoms with Gasteiger partial charge in [0.2, 0.25) is 5.95 Å². The molecule has 0 bridgehead atoms. The standard InChI is InChI=1S/C21H24N4/c1-15-10-12-16(13-11-15)14-22-21-24-19-9-5-4-8-18(19)20(25-21)23-17-6-2-3-7-17/h4-5,8-13,17H,2-3,6-7,14H2,1H3,(H2,22,23,24,25). The van der Waals surface area contributed by atoms with E-state index < -0.39 is 0 Å². The normalized spacial score (nSPS) is 14.8. The first-order valence-corrected chi connectivity index (χ1v) is 9.11. The summed E-state index contributed by atoms with van der Waals surface area (Å²) >= 11 is 0. The van der Waals surface area contributed by atoms with Gasteiger partial charge in [0.1, 0.15) is 5.82 Å². The molecule has 1 aliphatic rings. The van der Waals surface area contributed by atoms with Gasteiger partial charge in [-0.25, -0.2) is 4.98 Å². The lowest BCUT2D eigenvalue weighted by molar-refractivity contribution is 0.751. The Hall–Kier alpha value is -2.62. The Labute approximate surface area is 148 Å². The fourth-order valence-electron chi connectivity index (χ4n) is 3.42. The van der Waals surface area contributed by atoms with Gasteiger partial charge in [0, 0.05) is 18.0 Å². The van der Waals surface area contributed by atoms with Gasteiger partial charge in [0.25, 0.3) is 0 Å². The van der Waals surface area contributed by atoms with Crippen molar-refractivity contribution in [2.45, 2.75) is 45.2 Å². The van der Waals surface area contributed by atoms with Crippen LogP contribution in [0.2, 0.25) is 0 Å². The van der Waals surface area contributed by atoms with Gasteiger partial charge in [-0.1, -0.05) is 54.8 Å². The summed E-state index contributed by atoms with van der Waals surface area (Å²) in [6.07, 6.45) is 5.06. The van der Waals surface area contributed by atoms with Gasteiger partial charge in [-0.15, -0.1) is 0 Å². The van der Waals surface area contributed by atoms with Crippen molar-refractivity contribution in [3.63, 3.8) is 0 Å². The van der Waals surface area contributed by atoms with Gasteiger partial charge in [0.15, 0.2) is 0 Å². The smallest absolute Gasteiger partial charge is 0.225 e. The molecule has 0 radical (unpaired) electrons. The number of fused-ring (bicyclic) bond motifs is 1. The van der Waals surface area contributed by atoms with E-state index in [9.17, 15) is 0 Å². The highest BCUT2D eigenvalue weighted by molar-refractivity contribution is 5.90. The number of para-hydroxylation sites is 1. The molecule has 0 aliphatic heterocycles. The third-order valence-electron chi connectivity index (χ3n) is 4.87. The van der Waals surface area contributed by atoms with Crippen LogP contribution in [0.25, 0.3) is 10.9 Å². The quantitative estimate of drug-likeness (QED) is 0.697. The topological polar surface area (TPSA) is 49.8 Å². The van der Waals surface area contributed by atoms with E-state index in [0.717, 1.165) is 23.3 Å². The summed E-state index contributed by atoms with van der Waals surface area (Å²) in [6, 6.07) is 17.3. The SMILES string of the molecule is Cc1ccc(CNc2nc(NC3CCCC3)c3ccccc3n2)cc1. The number of hydrogen-bond acceptors (Lipinski definition) is 4. The van der Waals surface area contributed by atoms with Gasteiger partial charge < -0.3 is 10.6 Å². The Bertz CT molecular complexity index is 851. The third kappa shape index (κ3) is 3.73. The molecule has 1 fully saturated rings. The van der Waals surface area contributed by atoms with Crippen LogP contribution >= 0.6 is 0 Å². The minimum Gasteiger partial charge on any atom is -0.367 e.